The van der Waals surface area contributed by atoms with Crippen LogP contribution >= 0.6 is 0 Å². The number of aromatic nitrogens is 1. The molecule has 158 valence electrons. The molecule has 1 aromatic heterocycles. The predicted octanol–water partition coefficient (Wildman–Crippen LogP) is 2.51. The van der Waals surface area contributed by atoms with Gasteiger partial charge in [0.2, 0.25) is 5.43 Å². The topological polar surface area (TPSA) is 83.8 Å². The zero-order chi connectivity index (χ0) is 20.6. The van der Waals surface area contributed by atoms with Gasteiger partial charge in [0, 0.05) is 25.3 Å². The smallest absolute Gasteiger partial charge is 0.341 e. The van der Waals surface area contributed by atoms with Crippen molar-refractivity contribution >= 4 is 22.6 Å². The SMILES string of the molecule is O=C(O)c1cn2c3c(c(F)c(N4C[C@@H]5CCCN[C@@H]5C4)cc3c1=O)OC1CCCC12. The highest BCUT2D eigenvalue weighted by Gasteiger charge is 2.41. The molecule has 3 aliphatic heterocycles. The molecule has 3 fully saturated rings. The molecule has 0 bridgehead atoms. The van der Waals surface area contributed by atoms with E-state index in [9.17, 15) is 14.7 Å². The van der Waals surface area contributed by atoms with E-state index in [0.29, 0.717) is 29.7 Å². The van der Waals surface area contributed by atoms with E-state index in [0.717, 1.165) is 45.2 Å². The van der Waals surface area contributed by atoms with E-state index < -0.39 is 17.2 Å². The summed E-state index contributed by atoms with van der Waals surface area (Å²) >= 11 is 0. The lowest BCUT2D eigenvalue weighted by Crippen LogP contribution is -2.40. The Kier molecular flexibility index (Phi) is 3.90. The number of carbonyl (C=O) groups is 1. The molecule has 30 heavy (non-hydrogen) atoms. The third kappa shape index (κ3) is 2.46. The minimum Gasteiger partial charge on any atom is -0.483 e. The number of aromatic carboxylic acids is 1. The van der Waals surface area contributed by atoms with E-state index in [1.807, 2.05) is 4.90 Å². The van der Waals surface area contributed by atoms with Gasteiger partial charge in [0.25, 0.3) is 0 Å². The first-order valence-electron chi connectivity index (χ1n) is 10.8. The lowest BCUT2D eigenvalue weighted by molar-refractivity contribution is 0.0693. The van der Waals surface area contributed by atoms with Crippen molar-refractivity contribution in [1.29, 1.82) is 0 Å². The summed E-state index contributed by atoms with van der Waals surface area (Å²) in [7, 11) is 0. The Morgan fingerprint density at radius 3 is 2.90 bits per heavy atom. The second kappa shape index (κ2) is 6.44. The summed E-state index contributed by atoms with van der Waals surface area (Å²) in [6.45, 7) is 2.36. The van der Waals surface area contributed by atoms with E-state index >= 15 is 4.39 Å². The van der Waals surface area contributed by atoms with Crippen molar-refractivity contribution < 1.29 is 19.0 Å². The van der Waals surface area contributed by atoms with Crippen LogP contribution in [0.1, 0.15) is 48.5 Å². The van der Waals surface area contributed by atoms with E-state index in [4.69, 9.17) is 4.74 Å². The number of rotatable bonds is 2. The Bertz CT molecular complexity index is 1120. The molecule has 2 unspecified atom stereocenters. The first-order chi connectivity index (χ1) is 14.5. The van der Waals surface area contributed by atoms with Crippen LogP contribution in [0.2, 0.25) is 0 Å². The number of carboxylic acids is 1. The van der Waals surface area contributed by atoms with Crippen LogP contribution in [0.15, 0.2) is 17.1 Å². The van der Waals surface area contributed by atoms with Crippen molar-refractivity contribution in [2.45, 2.75) is 50.3 Å². The lowest BCUT2D eigenvalue weighted by Gasteiger charge is -2.33. The number of halogens is 1. The average molecular weight is 413 g/mol. The van der Waals surface area contributed by atoms with Crippen LogP contribution in [0, 0.1) is 11.7 Å². The number of hydrogen-bond donors (Lipinski definition) is 2. The molecular weight excluding hydrogens is 389 g/mol. The van der Waals surface area contributed by atoms with Gasteiger partial charge in [0.1, 0.15) is 11.7 Å². The maximum Gasteiger partial charge on any atom is 0.341 e. The van der Waals surface area contributed by atoms with Gasteiger partial charge in [-0.25, -0.2) is 9.18 Å². The molecule has 0 radical (unpaired) electrons. The summed E-state index contributed by atoms with van der Waals surface area (Å²) in [4.78, 5) is 26.8. The predicted molar refractivity (Wildman–Crippen MR) is 109 cm³/mol. The number of nitrogens with one attached hydrogen (secondary N) is 1. The molecule has 1 aromatic carbocycles. The number of benzene rings is 1. The van der Waals surface area contributed by atoms with Gasteiger partial charge in [0.15, 0.2) is 11.6 Å². The first kappa shape index (κ1) is 18.2. The minimum absolute atomic E-state index is 0.0668. The number of ether oxygens (including phenoxy) is 1. The zero-order valence-electron chi connectivity index (χ0n) is 16.6. The van der Waals surface area contributed by atoms with Gasteiger partial charge in [-0.05, 0) is 50.6 Å². The molecule has 4 heterocycles. The maximum atomic E-state index is 15.8. The molecule has 0 amide bonds. The van der Waals surface area contributed by atoms with E-state index in [1.54, 1.807) is 10.6 Å². The number of fused-ring (bicyclic) bond motifs is 3. The monoisotopic (exact) mass is 413 g/mol. The Morgan fingerprint density at radius 2 is 2.10 bits per heavy atom. The molecule has 6 rings (SSSR count). The van der Waals surface area contributed by atoms with Gasteiger partial charge in [0.05, 0.1) is 22.6 Å². The number of nitrogens with zero attached hydrogens (tertiary/aromatic N) is 2. The molecule has 1 saturated carbocycles. The zero-order valence-corrected chi connectivity index (χ0v) is 16.6. The van der Waals surface area contributed by atoms with Gasteiger partial charge in [-0.3, -0.25) is 4.79 Å². The fourth-order valence-corrected chi connectivity index (χ4v) is 5.96. The van der Waals surface area contributed by atoms with Crippen LogP contribution in [0.3, 0.4) is 0 Å². The third-order valence-corrected chi connectivity index (χ3v) is 7.41. The van der Waals surface area contributed by atoms with Crippen molar-refractivity contribution in [1.82, 2.24) is 9.88 Å². The normalized spacial score (nSPS) is 29.6. The van der Waals surface area contributed by atoms with Gasteiger partial charge in [-0.1, -0.05) is 0 Å². The summed E-state index contributed by atoms with van der Waals surface area (Å²) in [6, 6.07) is 1.80. The van der Waals surface area contributed by atoms with E-state index in [2.05, 4.69) is 5.32 Å². The molecular formula is C22H24FN3O4. The van der Waals surface area contributed by atoms with Crippen LogP contribution in [0.25, 0.3) is 10.9 Å². The molecule has 4 aliphatic rings. The molecule has 8 heteroatoms. The molecule has 4 atom stereocenters. The van der Waals surface area contributed by atoms with Crippen LogP contribution in [0.4, 0.5) is 10.1 Å². The second-order valence-electron chi connectivity index (χ2n) is 9.04. The van der Waals surface area contributed by atoms with Crippen LogP contribution in [-0.2, 0) is 0 Å². The lowest BCUT2D eigenvalue weighted by atomic mass is 9.94. The molecule has 2 saturated heterocycles. The van der Waals surface area contributed by atoms with Gasteiger partial charge < -0.3 is 24.6 Å². The number of hydrogen-bond acceptors (Lipinski definition) is 5. The van der Waals surface area contributed by atoms with Gasteiger partial charge >= 0.3 is 5.97 Å². The Hall–Kier alpha value is -2.61. The standard InChI is InChI=1S/C22H24FN3O4/c23-18-16(25-8-11-3-2-6-24-14(11)10-25)7-12-19-21(18)30-17-5-1-4-15(17)26(19)9-13(20(12)27)22(28)29/h7,9,11,14-15,17,24H,1-6,8,10H2,(H,28,29)/t11-,14+,15?,17?/m0/s1. The minimum atomic E-state index is -1.25. The molecule has 2 N–H and O–H groups in total. The Labute approximate surface area is 172 Å². The summed E-state index contributed by atoms with van der Waals surface area (Å²) in [5.41, 5.74) is -0.109. The van der Waals surface area contributed by atoms with Crippen molar-refractivity contribution in [2.75, 3.05) is 24.5 Å². The van der Waals surface area contributed by atoms with Crippen molar-refractivity contribution in [3.8, 4) is 5.75 Å². The molecule has 7 nitrogen and oxygen atoms in total. The average Bonchev–Trinajstić information content (AvgIpc) is 3.37. The highest BCUT2D eigenvalue weighted by Crippen LogP contribution is 2.46. The second-order valence-corrected chi connectivity index (χ2v) is 9.04. The molecule has 2 aromatic rings. The fraction of sp³-hybridized carbons (Fsp3) is 0.545. The third-order valence-electron chi connectivity index (χ3n) is 7.41. The number of anilines is 1. The number of carboxylic acid groups (broad SMARTS) is 1. The summed E-state index contributed by atoms with van der Waals surface area (Å²) in [5, 5.41) is 13.4. The number of pyridine rings is 1. The maximum absolute atomic E-state index is 15.8. The van der Waals surface area contributed by atoms with Crippen LogP contribution in [-0.4, -0.2) is 47.4 Å². The highest BCUT2D eigenvalue weighted by atomic mass is 19.1. The molecule has 0 spiro atoms. The quantitative estimate of drug-likeness (QED) is 0.787. The van der Waals surface area contributed by atoms with E-state index in [1.165, 1.54) is 6.20 Å². The Balaban J connectivity index is 1.57. The van der Waals surface area contributed by atoms with Crippen molar-refractivity contribution in [2.24, 2.45) is 5.92 Å². The van der Waals surface area contributed by atoms with Gasteiger partial charge in [-0.15, -0.1) is 0 Å². The van der Waals surface area contributed by atoms with Crippen LogP contribution in [0.5, 0.6) is 5.75 Å². The number of piperidine rings is 1. The summed E-state index contributed by atoms with van der Waals surface area (Å²) in [6.07, 6.45) is 5.95. The first-order valence-corrected chi connectivity index (χ1v) is 10.8. The summed E-state index contributed by atoms with van der Waals surface area (Å²) < 4.78 is 23.7. The Morgan fingerprint density at radius 1 is 1.23 bits per heavy atom. The van der Waals surface area contributed by atoms with Crippen molar-refractivity contribution in [3.63, 3.8) is 0 Å². The largest absolute Gasteiger partial charge is 0.483 e. The van der Waals surface area contributed by atoms with Crippen molar-refractivity contribution in [3.05, 3.63) is 33.9 Å². The van der Waals surface area contributed by atoms with Gasteiger partial charge in [-0.2, -0.15) is 0 Å². The van der Waals surface area contributed by atoms with Crippen LogP contribution < -0.4 is 20.4 Å². The summed E-state index contributed by atoms with van der Waals surface area (Å²) in [5.74, 6) is -1.15. The highest BCUT2D eigenvalue weighted by molar-refractivity contribution is 5.96. The van der Waals surface area contributed by atoms with E-state index in [-0.39, 0.29) is 28.8 Å². The molecule has 1 aliphatic carbocycles. The fourth-order valence-electron chi connectivity index (χ4n) is 5.96.